The van der Waals surface area contributed by atoms with Crippen molar-refractivity contribution in [2.75, 3.05) is 5.01 Å². The predicted molar refractivity (Wildman–Crippen MR) is 109 cm³/mol. The summed E-state index contributed by atoms with van der Waals surface area (Å²) >= 11 is 0. The third kappa shape index (κ3) is 3.13. The number of benzene rings is 2. The van der Waals surface area contributed by atoms with E-state index < -0.39 is 21.7 Å². The standard InChI is InChI=1S/C19H14FN7O3S/c20-12-4-3-5-14(10-12)25-9-8-13(23-25)11-26-18(17(21)28)22-19-24-31(29,30)16-7-2-1-6-15(16)27(19)26/h1-10H,11H2,(H2,21,28). The Labute approximate surface area is 175 Å². The van der Waals surface area contributed by atoms with Crippen molar-refractivity contribution in [1.29, 1.82) is 0 Å². The highest BCUT2D eigenvalue weighted by atomic mass is 32.2. The average Bonchev–Trinajstić information content (AvgIpc) is 3.33. The van der Waals surface area contributed by atoms with Gasteiger partial charge in [0.1, 0.15) is 10.7 Å². The maximum Gasteiger partial charge on any atom is 0.287 e. The number of carbonyl (C=O) groups is 1. The van der Waals surface area contributed by atoms with Crippen LogP contribution in [-0.2, 0) is 21.4 Å². The first-order valence-electron chi connectivity index (χ1n) is 9.04. The molecule has 1 amide bonds. The maximum absolute atomic E-state index is 13.5. The summed E-state index contributed by atoms with van der Waals surface area (Å²) in [5, 5.41) is 7.24. The molecule has 156 valence electrons. The quantitative estimate of drug-likeness (QED) is 0.651. The van der Waals surface area contributed by atoms with Crippen molar-refractivity contribution in [1.82, 2.24) is 14.8 Å². The second-order valence-electron chi connectivity index (χ2n) is 6.73. The number of sulfonamides is 1. The molecule has 0 atom stereocenters. The molecule has 2 aliphatic rings. The lowest BCUT2D eigenvalue weighted by atomic mass is 10.3. The number of anilines is 1. The van der Waals surface area contributed by atoms with Crippen molar-refractivity contribution in [2.45, 2.75) is 11.4 Å². The van der Waals surface area contributed by atoms with Gasteiger partial charge in [-0.2, -0.15) is 18.5 Å². The second kappa shape index (κ2) is 6.74. The van der Waals surface area contributed by atoms with Gasteiger partial charge in [0.2, 0.25) is 5.84 Å². The second-order valence-corrected chi connectivity index (χ2v) is 8.31. The number of carbonyl (C=O) groups excluding carboxylic acids is 1. The summed E-state index contributed by atoms with van der Waals surface area (Å²) in [5.41, 5.74) is 6.80. The summed E-state index contributed by atoms with van der Waals surface area (Å²) in [7, 11) is -3.97. The monoisotopic (exact) mass is 439 g/mol. The highest BCUT2D eigenvalue weighted by molar-refractivity contribution is 7.90. The fourth-order valence-corrected chi connectivity index (χ4v) is 4.50. The number of aliphatic imine (C=N–C) groups is 1. The van der Waals surface area contributed by atoms with Gasteiger partial charge in [0, 0.05) is 6.20 Å². The predicted octanol–water partition coefficient (Wildman–Crippen LogP) is 1.19. The van der Waals surface area contributed by atoms with E-state index in [4.69, 9.17) is 5.73 Å². The number of para-hydroxylation sites is 1. The molecule has 0 unspecified atom stereocenters. The van der Waals surface area contributed by atoms with Crippen molar-refractivity contribution in [3.63, 3.8) is 0 Å². The Kier molecular flexibility index (Phi) is 4.12. The number of amides is 1. The van der Waals surface area contributed by atoms with Gasteiger partial charge in [-0.1, -0.05) is 18.2 Å². The molecule has 12 heteroatoms. The first-order chi connectivity index (χ1) is 14.8. The van der Waals surface area contributed by atoms with Crippen LogP contribution in [0.2, 0.25) is 0 Å². The number of hydrazine groups is 1. The van der Waals surface area contributed by atoms with Crippen LogP contribution in [0.3, 0.4) is 0 Å². The zero-order valence-electron chi connectivity index (χ0n) is 15.8. The molecule has 3 aromatic rings. The van der Waals surface area contributed by atoms with Crippen molar-refractivity contribution in [3.8, 4) is 5.69 Å². The molecule has 0 radical (unpaired) electrons. The molecule has 0 bridgehead atoms. The van der Waals surface area contributed by atoms with E-state index in [1.54, 1.807) is 42.6 Å². The van der Waals surface area contributed by atoms with Crippen LogP contribution in [0.1, 0.15) is 5.69 Å². The highest BCUT2D eigenvalue weighted by Gasteiger charge is 2.41. The van der Waals surface area contributed by atoms with Crippen molar-refractivity contribution in [2.24, 2.45) is 15.1 Å². The van der Waals surface area contributed by atoms with E-state index in [0.29, 0.717) is 11.4 Å². The third-order valence-corrected chi connectivity index (χ3v) is 6.01. The molecule has 0 fully saturated rings. The number of nitrogens with zero attached hydrogens (tertiary/aromatic N) is 6. The minimum absolute atomic E-state index is 0.0186. The molecule has 2 aromatic carbocycles. The van der Waals surface area contributed by atoms with Crippen molar-refractivity contribution in [3.05, 3.63) is 72.3 Å². The number of guanidine groups is 1. The van der Waals surface area contributed by atoms with Gasteiger partial charge in [0.15, 0.2) is 0 Å². The first kappa shape index (κ1) is 18.9. The van der Waals surface area contributed by atoms with Crippen LogP contribution >= 0.6 is 0 Å². The summed E-state index contributed by atoms with van der Waals surface area (Å²) in [5.74, 6) is -1.61. The molecule has 31 heavy (non-hydrogen) atoms. The first-order valence-corrected chi connectivity index (χ1v) is 10.5. The van der Waals surface area contributed by atoms with Crippen molar-refractivity contribution < 1.29 is 17.6 Å². The molecule has 0 saturated carbocycles. The van der Waals surface area contributed by atoms with Crippen LogP contribution in [-0.4, -0.2) is 40.9 Å². The van der Waals surface area contributed by atoms with Crippen LogP contribution in [0.15, 0.2) is 75.1 Å². The number of rotatable bonds is 4. The lowest BCUT2D eigenvalue weighted by Crippen LogP contribution is -2.48. The lowest BCUT2D eigenvalue weighted by molar-refractivity contribution is -0.112. The molecule has 0 aliphatic carbocycles. The zero-order chi connectivity index (χ0) is 21.8. The zero-order valence-corrected chi connectivity index (χ0v) is 16.6. The molecule has 1 aromatic heterocycles. The Hall–Kier alpha value is -4.06. The molecule has 2 aliphatic heterocycles. The molecule has 0 spiro atoms. The van der Waals surface area contributed by atoms with Gasteiger partial charge in [0.05, 0.1) is 23.6 Å². The SMILES string of the molecule is NC(=O)C1=NC2=NS(=O)(=O)c3ccccc3N2N1Cc1ccn(-c2cccc(F)c2)n1. The number of fused-ring (bicyclic) bond motifs is 3. The van der Waals surface area contributed by atoms with Crippen LogP contribution in [0.25, 0.3) is 5.69 Å². The minimum Gasteiger partial charge on any atom is -0.363 e. The molecule has 0 saturated heterocycles. The summed E-state index contributed by atoms with van der Waals surface area (Å²) < 4.78 is 43.7. The fourth-order valence-electron chi connectivity index (χ4n) is 3.40. The molecule has 5 rings (SSSR count). The number of primary amides is 1. The Bertz CT molecular complexity index is 1400. The Morgan fingerprint density at radius 3 is 2.68 bits per heavy atom. The van der Waals surface area contributed by atoms with E-state index in [2.05, 4.69) is 14.5 Å². The summed E-state index contributed by atoms with van der Waals surface area (Å²) in [4.78, 5) is 16.1. The van der Waals surface area contributed by atoms with Crippen molar-refractivity contribution >= 4 is 33.4 Å². The molecule has 2 N–H and O–H groups in total. The summed E-state index contributed by atoms with van der Waals surface area (Å²) in [6.07, 6.45) is 1.64. The molecular weight excluding hydrogens is 425 g/mol. The van der Waals surface area contributed by atoms with Gasteiger partial charge in [0.25, 0.3) is 21.9 Å². The Morgan fingerprint density at radius 2 is 1.90 bits per heavy atom. The van der Waals surface area contributed by atoms with Crippen LogP contribution in [0.4, 0.5) is 10.1 Å². The van der Waals surface area contributed by atoms with E-state index in [1.165, 1.54) is 32.9 Å². The average molecular weight is 439 g/mol. The van der Waals surface area contributed by atoms with E-state index in [0.717, 1.165) is 0 Å². The van der Waals surface area contributed by atoms with Gasteiger partial charge < -0.3 is 5.73 Å². The van der Waals surface area contributed by atoms with Gasteiger partial charge in [-0.15, -0.1) is 4.40 Å². The minimum atomic E-state index is -3.97. The Balaban J connectivity index is 1.55. The van der Waals surface area contributed by atoms with Crippen LogP contribution in [0.5, 0.6) is 0 Å². The maximum atomic E-state index is 13.5. The third-order valence-electron chi connectivity index (χ3n) is 4.70. The van der Waals surface area contributed by atoms with Gasteiger partial charge in [-0.3, -0.25) is 4.79 Å². The number of nitrogens with two attached hydrogens (primary N) is 1. The van der Waals surface area contributed by atoms with Gasteiger partial charge in [-0.25, -0.2) is 19.1 Å². The summed E-state index contributed by atoms with van der Waals surface area (Å²) in [6, 6.07) is 13.9. The number of halogens is 1. The number of amidine groups is 1. The van der Waals surface area contributed by atoms with E-state index in [9.17, 15) is 17.6 Å². The van der Waals surface area contributed by atoms with E-state index in [1.807, 2.05) is 0 Å². The van der Waals surface area contributed by atoms with Crippen LogP contribution < -0.4 is 10.7 Å². The molecule has 10 nitrogen and oxygen atoms in total. The molecule has 3 heterocycles. The van der Waals surface area contributed by atoms with E-state index in [-0.39, 0.29) is 28.9 Å². The smallest absolute Gasteiger partial charge is 0.287 e. The lowest BCUT2D eigenvalue weighted by Gasteiger charge is -2.32. The van der Waals surface area contributed by atoms with Crippen LogP contribution in [0, 0.1) is 5.82 Å². The highest BCUT2D eigenvalue weighted by Crippen LogP contribution is 2.35. The number of hydrogen-bond acceptors (Lipinski definition) is 7. The number of aromatic nitrogens is 2. The van der Waals surface area contributed by atoms with Gasteiger partial charge >= 0.3 is 0 Å². The topological polar surface area (TPSA) is 126 Å². The fraction of sp³-hybridized carbons (Fsp3) is 0.0526. The van der Waals surface area contributed by atoms with E-state index >= 15 is 0 Å². The normalized spacial score (nSPS) is 16.4. The largest absolute Gasteiger partial charge is 0.363 e. The number of hydrogen-bond donors (Lipinski definition) is 1. The van der Waals surface area contributed by atoms with Gasteiger partial charge in [-0.05, 0) is 36.4 Å². The summed E-state index contributed by atoms with van der Waals surface area (Å²) in [6.45, 7) is 0.0392. The molecular formula is C19H14FN7O3S. The Morgan fingerprint density at radius 1 is 1.10 bits per heavy atom.